The van der Waals surface area contributed by atoms with Gasteiger partial charge in [-0.3, -0.25) is 9.59 Å². The smallest absolute Gasteiger partial charge is 0.307 e. The Morgan fingerprint density at radius 1 is 1.00 bits per heavy atom. The Morgan fingerprint density at radius 2 is 1.62 bits per heavy atom. The largest absolute Gasteiger partial charge is 0.493 e. The number of carbonyl (C=O) groups is 2. The van der Waals surface area contributed by atoms with Crippen molar-refractivity contribution in [3.63, 3.8) is 0 Å². The third-order valence-corrected chi connectivity index (χ3v) is 6.77. The van der Waals surface area contributed by atoms with Gasteiger partial charge in [0.25, 0.3) is 0 Å². The molecule has 5 rings (SSSR count). The Bertz CT molecular complexity index is 698. The number of hydrogen-bond acceptors (Lipinski definition) is 4. The molecule has 1 amide bonds. The second kappa shape index (κ2) is 8.72. The van der Waals surface area contributed by atoms with Gasteiger partial charge in [-0.25, -0.2) is 4.39 Å². The average Bonchev–Trinajstić information content (AvgIpc) is 2.68. The lowest BCUT2D eigenvalue weighted by molar-refractivity contribution is -0.147. The average molecular weight is 403 g/mol. The number of halogens is 1. The van der Waals surface area contributed by atoms with Crippen LogP contribution in [-0.2, 0) is 14.3 Å². The zero-order chi connectivity index (χ0) is 20.3. The van der Waals surface area contributed by atoms with E-state index in [0.29, 0.717) is 25.3 Å². The summed E-state index contributed by atoms with van der Waals surface area (Å²) in [4.78, 5) is 24.7. The minimum absolute atomic E-state index is 0.150. The molecule has 0 radical (unpaired) electrons. The van der Waals surface area contributed by atoms with Crippen LogP contribution in [0.3, 0.4) is 0 Å². The molecule has 1 aromatic carbocycles. The van der Waals surface area contributed by atoms with Gasteiger partial charge in [0.2, 0.25) is 5.91 Å². The van der Waals surface area contributed by atoms with E-state index in [2.05, 4.69) is 5.32 Å². The van der Waals surface area contributed by atoms with Gasteiger partial charge in [0, 0.05) is 18.4 Å². The Kier molecular flexibility index (Phi) is 6.07. The molecule has 1 N–H and O–H groups in total. The van der Waals surface area contributed by atoms with E-state index >= 15 is 0 Å². The summed E-state index contributed by atoms with van der Waals surface area (Å²) < 4.78 is 23.5. The van der Waals surface area contributed by atoms with Gasteiger partial charge in [-0.05, 0) is 80.5 Å². The van der Waals surface area contributed by atoms with E-state index in [1.807, 2.05) is 0 Å². The van der Waals surface area contributed by atoms with Gasteiger partial charge in [-0.2, -0.15) is 0 Å². The summed E-state index contributed by atoms with van der Waals surface area (Å²) in [7, 11) is 0. The summed E-state index contributed by atoms with van der Waals surface area (Å²) in [6.45, 7) is 0.996. The number of esters is 1. The summed E-state index contributed by atoms with van der Waals surface area (Å²) in [5, 5.41) is 3.00. The summed E-state index contributed by atoms with van der Waals surface area (Å²) in [6, 6.07) is 5.81. The van der Waals surface area contributed by atoms with E-state index < -0.39 is 0 Å². The molecule has 4 aliphatic carbocycles. The van der Waals surface area contributed by atoms with Crippen LogP contribution in [0.1, 0.15) is 51.4 Å². The fourth-order valence-electron chi connectivity index (χ4n) is 5.89. The molecule has 0 aliphatic heterocycles. The lowest BCUT2D eigenvalue weighted by atomic mass is 9.49. The molecule has 0 saturated heterocycles. The zero-order valence-electron chi connectivity index (χ0n) is 16.8. The molecule has 158 valence electrons. The van der Waals surface area contributed by atoms with Crippen molar-refractivity contribution in [2.75, 3.05) is 19.8 Å². The third kappa shape index (κ3) is 4.90. The van der Waals surface area contributed by atoms with Gasteiger partial charge in [-0.15, -0.1) is 0 Å². The molecule has 4 fully saturated rings. The van der Waals surface area contributed by atoms with Crippen molar-refractivity contribution in [3.05, 3.63) is 30.1 Å². The highest BCUT2D eigenvalue weighted by molar-refractivity contribution is 5.83. The number of nitrogens with one attached hydrogen (secondary N) is 1. The molecule has 4 saturated carbocycles. The highest BCUT2D eigenvalue weighted by atomic mass is 19.1. The number of rotatable bonds is 9. The standard InChI is InChI=1S/C23H30FNO4/c24-19-2-4-20(5-3-19)28-8-1-9-29-21(26)6-7-25-22(27)23-13-16-10-17(14-23)12-18(11-16)15-23/h2-5,16-18H,1,6-15H2,(H,25,27). The van der Waals surface area contributed by atoms with Crippen LogP contribution in [0.2, 0.25) is 0 Å². The van der Waals surface area contributed by atoms with Crippen molar-refractivity contribution in [2.45, 2.75) is 51.4 Å². The number of ether oxygens (including phenoxy) is 2. The van der Waals surface area contributed by atoms with Crippen molar-refractivity contribution in [2.24, 2.45) is 23.2 Å². The van der Waals surface area contributed by atoms with E-state index in [1.165, 1.54) is 31.4 Å². The lowest BCUT2D eigenvalue weighted by Crippen LogP contribution is -2.53. The van der Waals surface area contributed by atoms with E-state index in [4.69, 9.17) is 9.47 Å². The summed E-state index contributed by atoms with van der Waals surface area (Å²) >= 11 is 0. The summed E-state index contributed by atoms with van der Waals surface area (Å²) in [6.07, 6.45) is 7.77. The first-order chi connectivity index (χ1) is 14.0. The fraction of sp³-hybridized carbons (Fsp3) is 0.652. The van der Waals surface area contributed by atoms with Crippen LogP contribution in [0.4, 0.5) is 4.39 Å². The highest BCUT2D eigenvalue weighted by Gasteiger charge is 2.54. The van der Waals surface area contributed by atoms with Crippen LogP contribution in [0.15, 0.2) is 24.3 Å². The van der Waals surface area contributed by atoms with Gasteiger partial charge in [0.15, 0.2) is 0 Å². The quantitative estimate of drug-likeness (QED) is 0.502. The predicted octanol–water partition coefficient (Wildman–Crippen LogP) is 3.86. The zero-order valence-corrected chi connectivity index (χ0v) is 16.8. The van der Waals surface area contributed by atoms with E-state index in [0.717, 1.165) is 37.0 Å². The Labute approximate surface area is 171 Å². The molecular weight excluding hydrogens is 373 g/mol. The summed E-state index contributed by atoms with van der Waals surface area (Å²) in [5.74, 6) is 2.32. The fourth-order valence-corrected chi connectivity index (χ4v) is 5.89. The first-order valence-electron chi connectivity index (χ1n) is 10.8. The van der Waals surface area contributed by atoms with Crippen molar-refractivity contribution >= 4 is 11.9 Å². The minimum atomic E-state index is -0.308. The van der Waals surface area contributed by atoms with E-state index in [1.54, 1.807) is 12.1 Å². The van der Waals surface area contributed by atoms with Gasteiger partial charge < -0.3 is 14.8 Å². The minimum Gasteiger partial charge on any atom is -0.493 e. The molecule has 29 heavy (non-hydrogen) atoms. The lowest BCUT2D eigenvalue weighted by Gasteiger charge is -2.55. The Hall–Kier alpha value is -2.11. The van der Waals surface area contributed by atoms with Crippen molar-refractivity contribution < 1.29 is 23.5 Å². The Balaban J connectivity index is 1.09. The van der Waals surface area contributed by atoms with Crippen LogP contribution < -0.4 is 10.1 Å². The number of amides is 1. The van der Waals surface area contributed by atoms with Crippen LogP contribution in [-0.4, -0.2) is 31.6 Å². The second-order valence-corrected chi connectivity index (χ2v) is 9.08. The second-order valence-electron chi connectivity index (χ2n) is 9.08. The first-order valence-corrected chi connectivity index (χ1v) is 10.8. The van der Waals surface area contributed by atoms with Crippen LogP contribution in [0.5, 0.6) is 5.75 Å². The first kappa shape index (κ1) is 20.2. The molecule has 0 heterocycles. The van der Waals surface area contributed by atoms with Crippen LogP contribution in [0.25, 0.3) is 0 Å². The van der Waals surface area contributed by atoms with Crippen LogP contribution >= 0.6 is 0 Å². The van der Waals surface area contributed by atoms with Crippen molar-refractivity contribution in [1.29, 1.82) is 0 Å². The maximum atomic E-state index is 12.8. The molecule has 0 aromatic heterocycles. The summed E-state index contributed by atoms with van der Waals surface area (Å²) in [5.41, 5.74) is -0.170. The van der Waals surface area contributed by atoms with Gasteiger partial charge >= 0.3 is 5.97 Å². The van der Waals surface area contributed by atoms with E-state index in [-0.39, 0.29) is 36.1 Å². The molecule has 6 heteroatoms. The van der Waals surface area contributed by atoms with Crippen molar-refractivity contribution in [1.82, 2.24) is 5.32 Å². The third-order valence-electron chi connectivity index (χ3n) is 6.77. The molecule has 5 nitrogen and oxygen atoms in total. The molecule has 4 aliphatic rings. The molecule has 4 bridgehead atoms. The molecule has 0 spiro atoms. The molecular formula is C23H30FNO4. The van der Waals surface area contributed by atoms with Crippen LogP contribution in [0, 0.1) is 29.0 Å². The SMILES string of the molecule is O=C(CCNC(=O)C12CC3CC(CC(C3)C1)C2)OCCCOc1ccc(F)cc1. The van der Waals surface area contributed by atoms with Crippen molar-refractivity contribution in [3.8, 4) is 5.75 Å². The normalized spacial score (nSPS) is 29.5. The number of carbonyl (C=O) groups excluding carboxylic acids is 2. The number of benzene rings is 1. The van der Waals surface area contributed by atoms with E-state index in [9.17, 15) is 14.0 Å². The predicted molar refractivity (Wildman–Crippen MR) is 106 cm³/mol. The molecule has 0 unspecified atom stereocenters. The Morgan fingerprint density at radius 3 is 2.24 bits per heavy atom. The molecule has 1 aromatic rings. The maximum Gasteiger partial charge on any atom is 0.307 e. The monoisotopic (exact) mass is 403 g/mol. The molecule has 0 atom stereocenters. The maximum absolute atomic E-state index is 12.8. The van der Waals surface area contributed by atoms with Gasteiger partial charge in [-0.1, -0.05) is 0 Å². The topological polar surface area (TPSA) is 64.6 Å². The van der Waals surface area contributed by atoms with Gasteiger partial charge in [0.05, 0.1) is 19.6 Å². The highest BCUT2D eigenvalue weighted by Crippen LogP contribution is 2.60. The van der Waals surface area contributed by atoms with Gasteiger partial charge in [0.1, 0.15) is 11.6 Å². The number of hydrogen-bond donors (Lipinski definition) is 1.